The van der Waals surface area contributed by atoms with Crippen LogP contribution >= 0.6 is 0 Å². The molecule has 0 aromatic rings. The van der Waals surface area contributed by atoms with Crippen LogP contribution in [0.1, 0.15) is 19.3 Å². The zero-order valence-electron chi connectivity index (χ0n) is 12.7. The second kappa shape index (κ2) is 9.30. The van der Waals surface area contributed by atoms with Gasteiger partial charge in [0.25, 0.3) is 0 Å². The van der Waals surface area contributed by atoms with Crippen molar-refractivity contribution in [3.05, 3.63) is 12.2 Å². The van der Waals surface area contributed by atoms with Gasteiger partial charge >= 0.3 is 17.1 Å². The third-order valence-corrected chi connectivity index (χ3v) is 3.57. The zero-order valence-corrected chi connectivity index (χ0v) is 13.5. The summed E-state index contributed by atoms with van der Waals surface area (Å²) in [6.07, 6.45) is -2.18. The van der Waals surface area contributed by atoms with Gasteiger partial charge in [-0.15, -0.1) is 0 Å². The van der Waals surface area contributed by atoms with E-state index in [0.717, 1.165) is 0 Å². The summed E-state index contributed by atoms with van der Waals surface area (Å²) in [6.45, 7) is 2.61. The Labute approximate surface area is 136 Å². The van der Waals surface area contributed by atoms with Crippen molar-refractivity contribution in [1.29, 1.82) is 0 Å². The molecular formula is C12H17F4O7S-. The summed E-state index contributed by atoms with van der Waals surface area (Å²) >= 11 is 0. The molecule has 7 nitrogen and oxygen atoms in total. The quantitative estimate of drug-likeness (QED) is 0.126. The normalized spacial score (nSPS) is 12.9. The van der Waals surface area contributed by atoms with Crippen LogP contribution < -0.4 is 0 Å². The summed E-state index contributed by atoms with van der Waals surface area (Å²) in [4.78, 5) is 11.2. The topological polar surface area (TPSA) is 102 Å². The molecule has 0 saturated carbocycles. The molecule has 0 radical (unpaired) electrons. The first-order valence-electron chi connectivity index (χ1n) is 6.49. The molecule has 0 bridgehead atoms. The first-order chi connectivity index (χ1) is 10.9. The molecule has 24 heavy (non-hydrogen) atoms. The van der Waals surface area contributed by atoms with Crippen LogP contribution in [0.3, 0.4) is 0 Å². The lowest BCUT2D eigenvalue weighted by molar-refractivity contribution is -0.165. The minimum Gasteiger partial charge on any atom is -0.743 e. The van der Waals surface area contributed by atoms with Gasteiger partial charge in [0, 0.05) is 20.1 Å². The van der Waals surface area contributed by atoms with E-state index in [1.165, 1.54) is 7.11 Å². The number of hydrogen-bond acceptors (Lipinski definition) is 7. The van der Waals surface area contributed by atoms with E-state index in [4.69, 9.17) is 4.74 Å². The fourth-order valence-electron chi connectivity index (χ4n) is 1.35. The van der Waals surface area contributed by atoms with Gasteiger partial charge in [-0.25, -0.2) is 13.2 Å². The first kappa shape index (κ1) is 22.8. The number of alkyl halides is 4. The molecule has 0 aromatic carbocycles. The summed E-state index contributed by atoms with van der Waals surface area (Å²) in [5.41, 5.74) is -0.0682. The van der Waals surface area contributed by atoms with Crippen molar-refractivity contribution in [3.63, 3.8) is 0 Å². The lowest BCUT2D eigenvalue weighted by Gasteiger charge is -2.28. The smallest absolute Gasteiger partial charge is 0.396 e. The molecule has 0 spiro atoms. The van der Waals surface area contributed by atoms with Gasteiger partial charge < -0.3 is 18.8 Å². The largest absolute Gasteiger partial charge is 0.743 e. The number of hydrogen-bond donors (Lipinski definition) is 0. The molecule has 0 aliphatic carbocycles. The average Bonchev–Trinajstić information content (AvgIpc) is 2.46. The molecule has 0 saturated heterocycles. The second-order valence-electron chi connectivity index (χ2n) is 4.63. The summed E-state index contributed by atoms with van der Waals surface area (Å²) in [6, 6.07) is 0. The molecular weight excluding hydrogens is 364 g/mol. The molecule has 12 heteroatoms. The standard InChI is InChI=1S/C12H18F4O7S/c1-9(10(17)23-8-21-2)7-22-6-4-3-5-11(13,14)12(15,16)24(18,19)20/h1,3-8H2,2H3,(H,18,19,20)/p-1. The summed E-state index contributed by atoms with van der Waals surface area (Å²) < 4.78 is 96.3. The van der Waals surface area contributed by atoms with Crippen molar-refractivity contribution < 1.29 is 49.5 Å². The molecule has 0 N–H and O–H groups in total. The second-order valence-corrected chi connectivity index (χ2v) is 6.05. The highest BCUT2D eigenvalue weighted by atomic mass is 32.2. The van der Waals surface area contributed by atoms with Crippen LogP contribution in [0.5, 0.6) is 0 Å². The number of carbonyl (C=O) groups excluding carboxylic acids is 1. The summed E-state index contributed by atoms with van der Waals surface area (Å²) in [5.74, 6) is -5.77. The highest BCUT2D eigenvalue weighted by Gasteiger charge is 2.60. The molecule has 0 rings (SSSR count). The van der Waals surface area contributed by atoms with Crippen molar-refractivity contribution in [1.82, 2.24) is 0 Å². The fourth-order valence-corrected chi connectivity index (χ4v) is 1.82. The molecule has 0 aliphatic heterocycles. The minimum atomic E-state index is -6.47. The molecule has 0 heterocycles. The van der Waals surface area contributed by atoms with E-state index >= 15 is 0 Å². The van der Waals surface area contributed by atoms with Gasteiger partial charge in [-0.1, -0.05) is 6.58 Å². The Balaban J connectivity index is 4.11. The fraction of sp³-hybridized carbons (Fsp3) is 0.750. The van der Waals surface area contributed by atoms with E-state index in [9.17, 15) is 35.3 Å². The highest BCUT2D eigenvalue weighted by Crippen LogP contribution is 2.41. The summed E-state index contributed by atoms with van der Waals surface area (Å²) in [5, 5.41) is -5.68. The molecule has 142 valence electrons. The van der Waals surface area contributed by atoms with E-state index < -0.39 is 40.1 Å². The van der Waals surface area contributed by atoms with Gasteiger partial charge in [0.2, 0.25) is 0 Å². The summed E-state index contributed by atoms with van der Waals surface area (Å²) in [7, 11) is -5.18. The van der Waals surface area contributed by atoms with Gasteiger partial charge in [0.1, 0.15) is 0 Å². The Morgan fingerprint density at radius 3 is 2.29 bits per heavy atom. The van der Waals surface area contributed by atoms with Crippen molar-refractivity contribution in [2.24, 2.45) is 0 Å². The van der Waals surface area contributed by atoms with Gasteiger partial charge in [0.15, 0.2) is 16.9 Å². The van der Waals surface area contributed by atoms with Gasteiger partial charge in [-0.3, -0.25) is 0 Å². The third kappa shape index (κ3) is 6.71. The molecule has 0 aliphatic rings. The van der Waals surface area contributed by atoms with Crippen LogP contribution in [-0.2, 0) is 29.1 Å². The van der Waals surface area contributed by atoms with E-state index in [2.05, 4.69) is 16.1 Å². The Morgan fingerprint density at radius 1 is 1.21 bits per heavy atom. The van der Waals surface area contributed by atoms with E-state index in [0.29, 0.717) is 0 Å². The first-order valence-corrected chi connectivity index (χ1v) is 7.90. The number of halogens is 4. The van der Waals surface area contributed by atoms with Crippen molar-refractivity contribution in [3.8, 4) is 0 Å². The lowest BCUT2D eigenvalue weighted by atomic mass is 10.1. The minimum absolute atomic E-state index is 0.0682. The van der Waals surface area contributed by atoms with Crippen molar-refractivity contribution in [2.75, 3.05) is 27.1 Å². The van der Waals surface area contributed by atoms with Crippen LogP contribution in [0.15, 0.2) is 12.2 Å². The molecule has 0 aromatic heterocycles. The number of methoxy groups -OCH3 is 1. The molecule has 0 fully saturated rings. The van der Waals surface area contributed by atoms with Crippen LogP contribution in [0.4, 0.5) is 17.6 Å². The monoisotopic (exact) mass is 381 g/mol. The van der Waals surface area contributed by atoms with E-state index in [1.807, 2.05) is 0 Å². The average molecular weight is 381 g/mol. The Kier molecular flexibility index (Phi) is 8.82. The lowest BCUT2D eigenvalue weighted by Crippen LogP contribution is -2.46. The SMILES string of the molecule is C=C(COCCCCC(F)(F)C(F)(F)S(=O)(=O)[O-])C(=O)OCOC. The van der Waals surface area contributed by atoms with Crippen LogP contribution in [-0.4, -0.2) is 57.2 Å². The zero-order chi connectivity index (χ0) is 19.0. The van der Waals surface area contributed by atoms with Gasteiger partial charge in [-0.2, -0.15) is 17.6 Å². The molecule has 0 unspecified atom stereocenters. The maximum Gasteiger partial charge on any atom is 0.396 e. The number of rotatable bonds is 12. The number of esters is 1. The number of ether oxygens (including phenoxy) is 3. The Morgan fingerprint density at radius 2 is 1.79 bits per heavy atom. The molecule has 0 atom stereocenters. The predicted octanol–water partition coefficient (Wildman–Crippen LogP) is 1.65. The Bertz CT molecular complexity index is 534. The van der Waals surface area contributed by atoms with Crippen LogP contribution in [0.25, 0.3) is 0 Å². The van der Waals surface area contributed by atoms with E-state index in [-0.39, 0.29) is 32.0 Å². The van der Waals surface area contributed by atoms with Crippen LogP contribution in [0.2, 0.25) is 0 Å². The van der Waals surface area contributed by atoms with Crippen LogP contribution in [0, 0.1) is 0 Å². The maximum atomic E-state index is 13.1. The third-order valence-electron chi connectivity index (χ3n) is 2.64. The van der Waals surface area contributed by atoms with Gasteiger partial charge in [0.05, 0.1) is 12.2 Å². The van der Waals surface area contributed by atoms with Gasteiger partial charge in [-0.05, 0) is 12.8 Å². The highest BCUT2D eigenvalue weighted by molar-refractivity contribution is 7.86. The number of carbonyl (C=O) groups is 1. The maximum absolute atomic E-state index is 13.1. The van der Waals surface area contributed by atoms with Crippen molar-refractivity contribution >= 4 is 16.1 Å². The van der Waals surface area contributed by atoms with E-state index in [1.54, 1.807) is 0 Å². The molecule has 0 amide bonds. The predicted molar refractivity (Wildman–Crippen MR) is 71.4 cm³/mol. The number of unbranched alkanes of at least 4 members (excludes halogenated alkanes) is 1. The van der Waals surface area contributed by atoms with Crippen molar-refractivity contribution in [2.45, 2.75) is 30.4 Å². The Hall–Kier alpha value is -1.24.